The third-order valence-corrected chi connectivity index (χ3v) is 6.49. The Morgan fingerprint density at radius 3 is 2.06 bits per heavy atom. The van der Waals surface area contributed by atoms with Crippen LogP contribution in [0.15, 0.2) is 83.3 Å². The molecule has 190 valence electrons. The molecule has 0 radical (unpaired) electrons. The Bertz CT molecular complexity index is 1130. The first-order chi connectivity index (χ1) is 17.2. The van der Waals surface area contributed by atoms with Gasteiger partial charge in [-0.15, -0.1) is 0 Å². The third-order valence-electron chi connectivity index (χ3n) is 5.87. The third kappa shape index (κ3) is 7.95. The molecule has 3 rings (SSSR count). The maximum Gasteiger partial charge on any atom is 0.261 e. The van der Waals surface area contributed by atoms with E-state index in [0.29, 0.717) is 24.6 Å². The Hall–Kier alpha value is -3.12. The number of nitrogens with zero attached hydrogens (tertiary/aromatic N) is 1. The summed E-state index contributed by atoms with van der Waals surface area (Å²) >= 11 is 3.57. The molecule has 1 N–H and O–H groups in total. The number of carbonyl (C=O) groups excluding carboxylic acids is 2. The fraction of sp³-hybridized carbons (Fsp3) is 0.333. The Balaban J connectivity index is 1.88. The molecule has 0 saturated carbocycles. The van der Waals surface area contributed by atoms with Gasteiger partial charge in [-0.2, -0.15) is 0 Å². The summed E-state index contributed by atoms with van der Waals surface area (Å²) in [5, 5.41) is 3.00. The van der Waals surface area contributed by atoms with Gasteiger partial charge in [0, 0.05) is 19.0 Å². The molecular weight excluding hydrogens is 516 g/mol. The van der Waals surface area contributed by atoms with Gasteiger partial charge < -0.3 is 15.0 Å². The maximum atomic E-state index is 13.6. The number of carbonyl (C=O) groups is 2. The highest BCUT2D eigenvalue weighted by atomic mass is 79.9. The summed E-state index contributed by atoms with van der Waals surface area (Å²) in [6.07, 6.45) is 0.407. The summed E-state index contributed by atoms with van der Waals surface area (Å²) in [5.74, 6) is 0.550. The molecule has 0 bridgehead atoms. The lowest BCUT2D eigenvalue weighted by atomic mass is 10.0. The number of amides is 2. The molecule has 3 aromatic carbocycles. The molecule has 0 aliphatic rings. The smallest absolute Gasteiger partial charge is 0.261 e. The minimum Gasteiger partial charge on any atom is -0.483 e. The van der Waals surface area contributed by atoms with Gasteiger partial charge in [0.05, 0.1) is 4.47 Å². The van der Waals surface area contributed by atoms with Crippen LogP contribution in [0.1, 0.15) is 50.3 Å². The van der Waals surface area contributed by atoms with Crippen molar-refractivity contribution in [3.05, 3.63) is 100 Å². The van der Waals surface area contributed by atoms with Crippen molar-refractivity contribution in [3.8, 4) is 5.75 Å². The van der Waals surface area contributed by atoms with Crippen LogP contribution in [0, 0.1) is 0 Å². The number of benzene rings is 3. The largest absolute Gasteiger partial charge is 0.483 e. The van der Waals surface area contributed by atoms with Gasteiger partial charge in [-0.1, -0.05) is 80.6 Å². The van der Waals surface area contributed by atoms with Crippen LogP contribution in [0.5, 0.6) is 5.75 Å². The highest BCUT2D eigenvalue weighted by Crippen LogP contribution is 2.29. The number of rotatable bonds is 11. The second kappa shape index (κ2) is 13.3. The normalized spacial score (nSPS) is 11.9. The summed E-state index contributed by atoms with van der Waals surface area (Å²) in [4.78, 5) is 28.6. The topological polar surface area (TPSA) is 58.6 Å². The molecule has 0 aromatic heterocycles. The molecule has 0 aliphatic heterocycles. The van der Waals surface area contributed by atoms with Gasteiger partial charge in [0.25, 0.3) is 5.91 Å². The quantitative estimate of drug-likeness (QED) is 0.313. The van der Waals surface area contributed by atoms with Gasteiger partial charge in [0.1, 0.15) is 11.8 Å². The second-order valence-electron chi connectivity index (χ2n) is 9.51. The number of halogens is 1. The Kier molecular flexibility index (Phi) is 10.1. The zero-order valence-corrected chi connectivity index (χ0v) is 23.0. The molecule has 0 aliphatic carbocycles. The maximum absolute atomic E-state index is 13.6. The zero-order chi connectivity index (χ0) is 26.1. The van der Waals surface area contributed by atoms with Gasteiger partial charge >= 0.3 is 0 Å². The van der Waals surface area contributed by atoms with Crippen LogP contribution in [-0.2, 0) is 22.6 Å². The van der Waals surface area contributed by atoms with Gasteiger partial charge in [-0.25, -0.2) is 0 Å². The molecule has 0 heterocycles. The monoisotopic (exact) mass is 550 g/mol. The highest BCUT2D eigenvalue weighted by molar-refractivity contribution is 9.10. The molecule has 1 atom stereocenters. The van der Waals surface area contributed by atoms with E-state index < -0.39 is 6.04 Å². The first-order valence-electron chi connectivity index (χ1n) is 12.3. The molecule has 0 spiro atoms. The lowest BCUT2D eigenvalue weighted by molar-refractivity contribution is -0.143. The van der Waals surface area contributed by atoms with Crippen LogP contribution in [0.2, 0.25) is 0 Å². The SMILES string of the molecule is CC(C)NC(=O)C(Cc1ccccc1)N(Cc1ccccc1)C(=O)COc1ccc(C(C)C)cc1Br. The average Bonchev–Trinajstić information content (AvgIpc) is 2.86. The van der Waals surface area contributed by atoms with Crippen LogP contribution in [0.3, 0.4) is 0 Å². The fourth-order valence-corrected chi connectivity index (χ4v) is 4.44. The van der Waals surface area contributed by atoms with Gasteiger partial charge in [-0.05, 0) is 64.5 Å². The molecule has 3 aromatic rings. The minimum absolute atomic E-state index is 0.0453. The van der Waals surface area contributed by atoms with Crippen LogP contribution >= 0.6 is 15.9 Å². The Morgan fingerprint density at radius 1 is 0.889 bits per heavy atom. The van der Waals surface area contributed by atoms with E-state index in [0.717, 1.165) is 15.6 Å². The number of hydrogen-bond acceptors (Lipinski definition) is 3. The van der Waals surface area contributed by atoms with E-state index in [4.69, 9.17) is 4.74 Å². The average molecular weight is 552 g/mol. The van der Waals surface area contributed by atoms with Crippen molar-refractivity contribution >= 4 is 27.7 Å². The molecule has 6 heteroatoms. The molecule has 1 unspecified atom stereocenters. The van der Waals surface area contributed by atoms with E-state index in [1.807, 2.05) is 92.7 Å². The molecule has 5 nitrogen and oxygen atoms in total. The van der Waals surface area contributed by atoms with Crippen LogP contribution < -0.4 is 10.1 Å². The zero-order valence-electron chi connectivity index (χ0n) is 21.4. The Morgan fingerprint density at radius 2 is 1.50 bits per heavy atom. The van der Waals surface area contributed by atoms with Crippen molar-refractivity contribution in [2.75, 3.05) is 6.61 Å². The Labute approximate surface area is 223 Å². The minimum atomic E-state index is -0.683. The van der Waals surface area contributed by atoms with Crippen molar-refractivity contribution in [1.29, 1.82) is 0 Å². The summed E-state index contributed by atoms with van der Waals surface area (Å²) in [6.45, 7) is 8.22. The van der Waals surface area contributed by atoms with E-state index in [-0.39, 0.29) is 24.5 Å². The van der Waals surface area contributed by atoms with Crippen LogP contribution in [-0.4, -0.2) is 35.4 Å². The number of nitrogens with one attached hydrogen (secondary N) is 1. The van der Waals surface area contributed by atoms with E-state index in [1.54, 1.807) is 4.90 Å². The molecular formula is C30H35BrN2O3. The van der Waals surface area contributed by atoms with Crippen LogP contribution in [0.4, 0.5) is 0 Å². The summed E-state index contributed by atoms with van der Waals surface area (Å²) in [5.41, 5.74) is 3.11. The summed E-state index contributed by atoms with van der Waals surface area (Å²) in [6, 6.07) is 24.7. The first kappa shape index (κ1) is 27.5. The second-order valence-corrected chi connectivity index (χ2v) is 10.4. The molecule has 36 heavy (non-hydrogen) atoms. The lowest BCUT2D eigenvalue weighted by Crippen LogP contribution is -2.52. The van der Waals surface area contributed by atoms with Gasteiger partial charge in [0.15, 0.2) is 6.61 Å². The van der Waals surface area contributed by atoms with Gasteiger partial charge in [0.2, 0.25) is 5.91 Å². The van der Waals surface area contributed by atoms with E-state index in [9.17, 15) is 9.59 Å². The van der Waals surface area contributed by atoms with E-state index >= 15 is 0 Å². The van der Waals surface area contributed by atoms with Crippen molar-refractivity contribution in [1.82, 2.24) is 10.2 Å². The first-order valence-corrected chi connectivity index (χ1v) is 13.1. The summed E-state index contributed by atoms with van der Waals surface area (Å²) in [7, 11) is 0. The predicted octanol–water partition coefficient (Wildman–Crippen LogP) is 6.12. The van der Waals surface area contributed by atoms with E-state index in [2.05, 4.69) is 35.1 Å². The molecule has 0 fully saturated rings. The number of hydrogen-bond donors (Lipinski definition) is 1. The van der Waals surface area contributed by atoms with Gasteiger partial charge in [-0.3, -0.25) is 9.59 Å². The van der Waals surface area contributed by atoms with Crippen molar-refractivity contribution in [2.45, 2.75) is 58.7 Å². The lowest BCUT2D eigenvalue weighted by Gasteiger charge is -2.32. The standard InChI is InChI=1S/C30H35BrN2O3/c1-21(2)25-15-16-28(26(31)18-25)36-20-29(34)33(19-24-13-9-6-10-14-24)27(30(35)32-22(3)4)17-23-11-7-5-8-12-23/h5-16,18,21-22,27H,17,19-20H2,1-4H3,(H,32,35). The highest BCUT2D eigenvalue weighted by Gasteiger charge is 2.31. The van der Waals surface area contributed by atoms with Crippen LogP contribution in [0.25, 0.3) is 0 Å². The molecule has 2 amide bonds. The van der Waals surface area contributed by atoms with Crippen molar-refractivity contribution < 1.29 is 14.3 Å². The van der Waals surface area contributed by atoms with Crippen molar-refractivity contribution in [3.63, 3.8) is 0 Å². The summed E-state index contributed by atoms with van der Waals surface area (Å²) < 4.78 is 6.74. The van der Waals surface area contributed by atoms with E-state index in [1.165, 1.54) is 5.56 Å². The predicted molar refractivity (Wildman–Crippen MR) is 148 cm³/mol. The molecule has 0 saturated heterocycles. The number of ether oxygens (including phenoxy) is 1. The fourth-order valence-electron chi connectivity index (χ4n) is 3.93. The van der Waals surface area contributed by atoms with Crippen molar-refractivity contribution in [2.24, 2.45) is 0 Å².